The highest BCUT2D eigenvalue weighted by atomic mass is 16.5. The SMILES string of the molecule is C=C(C(=O)N[C@@H](Cc1ccccc1)C(=O)NC(C)(C)C)[C@@H](OC)[C@@H]1CCCN1C(=O)C[C@@H](OC)[C@H]([C@@H](C)CC)N(C)C(=O)[C@@H](NC(=O)[C@H](C(C)C)N(C)C(C)C)C(C)C. The standard InChI is InChI=1S/C46H78N6O7/c1-17-31(8)40(51(14)45(57)38(28(2)3)48-44(56)39(29(4)5)50(13)30(6)7)36(58-15)27-37(53)52-25-21-24-35(52)41(59-16)32(9)42(54)47-34(43(55)49-46(10,11)12)26-33-22-19-18-20-23-33/h18-20,22-23,28-31,34-36,38-41H,9,17,21,24-27H2,1-8,10-16H3,(H,47,54)(H,48,56)(H,49,55)/t31-,34-,35-,36+,38-,39-,40-,41+/m0/s1. The Hall–Kier alpha value is -3.81. The van der Waals surface area contributed by atoms with E-state index < -0.39 is 53.9 Å². The van der Waals surface area contributed by atoms with Crippen LogP contribution in [0.1, 0.15) is 107 Å². The maximum Gasteiger partial charge on any atom is 0.249 e. The van der Waals surface area contributed by atoms with Gasteiger partial charge in [0.05, 0.1) is 30.7 Å². The summed E-state index contributed by atoms with van der Waals surface area (Å²) in [7, 11) is 6.69. The lowest BCUT2D eigenvalue weighted by Gasteiger charge is -2.41. The number of nitrogens with zero attached hydrogens (tertiary/aromatic N) is 3. The summed E-state index contributed by atoms with van der Waals surface area (Å²) in [5.74, 6) is -1.71. The number of rotatable bonds is 22. The molecular formula is C46H78N6O7. The Bertz CT molecular complexity index is 1540. The van der Waals surface area contributed by atoms with Gasteiger partial charge in [0.25, 0.3) is 0 Å². The maximum atomic E-state index is 14.4. The van der Waals surface area contributed by atoms with Gasteiger partial charge in [-0.1, -0.05) is 84.9 Å². The summed E-state index contributed by atoms with van der Waals surface area (Å²) >= 11 is 0. The van der Waals surface area contributed by atoms with Crippen LogP contribution in [0.2, 0.25) is 0 Å². The lowest BCUT2D eigenvalue weighted by molar-refractivity contribution is -0.147. The molecule has 1 fully saturated rings. The molecule has 0 spiro atoms. The van der Waals surface area contributed by atoms with Gasteiger partial charge in [0.1, 0.15) is 18.2 Å². The van der Waals surface area contributed by atoms with Crippen LogP contribution < -0.4 is 16.0 Å². The number of hydrogen-bond donors (Lipinski definition) is 3. The van der Waals surface area contributed by atoms with Crippen molar-refractivity contribution in [1.82, 2.24) is 30.7 Å². The van der Waals surface area contributed by atoms with Gasteiger partial charge in [-0.15, -0.1) is 0 Å². The molecule has 3 N–H and O–H groups in total. The van der Waals surface area contributed by atoms with E-state index in [0.717, 1.165) is 12.0 Å². The van der Waals surface area contributed by atoms with E-state index in [0.29, 0.717) is 19.4 Å². The summed E-state index contributed by atoms with van der Waals surface area (Å²) in [5.41, 5.74) is 0.487. The van der Waals surface area contributed by atoms with Gasteiger partial charge in [-0.25, -0.2) is 0 Å². The van der Waals surface area contributed by atoms with Crippen molar-refractivity contribution in [1.29, 1.82) is 0 Å². The number of hydrogen-bond acceptors (Lipinski definition) is 8. The summed E-state index contributed by atoms with van der Waals surface area (Å²) in [4.78, 5) is 75.2. The maximum absolute atomic E-state index is 14.4. The van der Waals surface area contributed by atoms with Gasteiger partial charge in [-0.2, -0.15) is 0 Å². The number of methoxy groups -OCH3 is 2. The van der Waals surface area contributed by atoms with E-state index in [4.69, 9.17) is 9.47 Å². The normalized spacial score (nSPS) is 18.2. The minimum atomic E-state index is -0.874. The number of carbonyl (C=O) groups is 5. The molecule has 0 unspecified atom stereocenters. The zero-order valence-corrected chi connectivity index (χ0v) is 38.9. The van der Waals surface area contributed by atoms with Gasteiger partial charge in [0.15, 0.2) is 0 Å². The first-order valence-electron chi connectivity index (χ1n) is 21.5. The van der Waals surface area contributed by atoms with Gasteiger partial charge in [0.2, 0.25) is 29.5 Å². The number of likely N-dealkylation sites (tertiary alicyclic amines) is 1. The average molecular weight is 827 g/mol. The fraction of sp³-hybridized carbons (Fsp3) is 0.717. The van der Waals surface area contributed by atoms with Crippen molar-refractivity contribution < 1.29 is 33.4 Å². The highest BCUT2D eigenvalue weighted by molar-refractivity contribution is 5.97. The van der Waals surface area contributed by atoms with Gasteiger partial charge >= 0.3 is 0 Å². The van der Waals surface area contributed by atoms with Crippen LogP contribution in [0, 0.1) is 17.8 Å². The smallest absolute Gasteiger partial charge is 0.249 e. The monoisotopic (exact) mass is 827 g/mol. The van der Waals surface area contributed by atoms with E-state index in [1.807, 2.05) is 118 Å². The Morgan fingerprint density at radius 3 is 2.00 bits per heavy atom. The van der Waals surface area contributed by atoms with Crippen molar-refractivity contribution in [2.24, 2.45) is 17.8 Å². The van der Waals surface area contributed by atoms with E-state index in [1.54, 1.807) is 24.0 Å². The fourth-order valence-electron chi connectivity index (χ4n) is 8.11. The van der Waals surface area contributed by atoms with E-state index in [1.165, 1.54) is 7.11 Å². The highest BCUT2D eigenvalue weighted by Gasteiger charge is 2.43. The minimum absolute atomic E-state index is 0.0197. The second kappa shape index (κ2) is 23.3. The molecule has 13 nitrogen and oxygen atoms in total. The molecule has 2 rings (SSSR count). The van der Waals surface area contributed by atoms with Gasteiger partial charge in [-0.05, 0) is 77.8 Å². The second-order valence-electron chi connectivity index (χ2n) is 18.4. The number of likely N-dealkylation sites (N-methyl/N-ethyl adjacent to an activating group) is 2. The number of carbonyl (C=O) groups excluding carboxylic acids is 5. The Kier molecular flexibility index (Phi) is 20.2. The van der Waals surface area contributed by atoms with Crippen LogP contribution in [0.5, 0.6) is 0 Å². The lowest BCUT2D eigenvalue weighted by Crippen LogP contribution is -2.60. The highest BCUT2D eigenvalue weighted by Crippen LogP contribution is 2.29. The molecule has 5 amide bonds. The molecule has 1 aliphatic rings. The first-order chi connectivity index (χ1) is 27.5. The molecule has 0 saturated carbocycles. The number of nitrogens with one attached hydrogen (secondary N) is 3. The molecule has 8 atom stereocenters. The van der Waals surface area contributed by atoms with Gasteiger partial charge in [0, 0.05) is 51.4 Å². The van der Waals surface area contributed by atoms with Gasteiger partial charge < -0.3 is 35.2 Å². The average Bonchev–Trinajstić information content (AvgIpc) is 3.65. The summed E-state index contributed by atoms with van der Waals surface area (Å²) in [6.45, 7) is 26.2. The van der Waals surface area contributed by atoms with Crippen LogP contribution in [-0.2, 0) is 39.9 Å². The Balaban J connectivity index is 2.33. The van der Waals surface area contributed by atoms with E-state index in [-0.39, 0.29) is 65.8 Å². The third-order valence-electron chi connectivity index (χ3n) is 11.7. The van der Waals surface area contributed by atoms with Crippen LogP contribution in [0.4, 0.5) is 0 Å². The van der Waals surface area contributed by atoms with Crippen molar-refractivity contribution >= 4 is 29.5 Å². The number of benzene rings is 1. The Morgan fingerprint density at radius 2 is 1.51 bits per heavy atom. The summed E-state index contributed by atoms with van der Waals surface area (Å²) in [6.07, 6.45) is 0.750. The van der Waals surface area contributed by atoms with Crippen molar-refractivity contribution in [2.45, 2.75) is 162 Å². The predicted molar refractivity (Wildman–Crippen MR) is 234 cm³/mol. The number of ether oxygens (including phenoxy) is 2. The summed E-state index contributed by atoms with van der Waals surface area (Å²) < 4.78 is 12.0. The molecule has 1 heterocycles. The molecule has 334 valence electrons. The van der Waals surface area contributed by atoms with E-state index >= 15 is 0 Å². The van der Waals surface area contributed by atoms with E-state index in [9.17, 15) is 24.0 Å². The first-order valence-corrected chi connectivity index (χ1v) is 21.5. The minimum Gasteiger partial charge on any atom is -0.379 e. The molecule has 59 heavy (non-hydrogen) atoms. The van der Waals surface area contributed by atoms with Crippen molar-refractivity contribution in [3.63, 3.8) is 0 Å². The van der Waals surface area contributed by atoms with Crippen LogP contribution in [0.15, 0.2) is 42.5 Å². The molecule has 0 radical (unpaired) electrons. The second-order valence-corrected chi connectivity index (χ2v) is 18.4. The largest absolute Gasteiger partial charge is 0.379 e. The number of amides is 5. The molecule has 1 saturated heterocycles. The quantitative estimate of drug-likeness (QED) is 0.139. The summed E-state index contributed by atoms with van der Waals surface area (Å²) in [6, 6.07) is 6.55. The fourth-order valence-corrected chi connectivity index (χ4v) is 8.11. The molecule has 1 aromatic carbocycles. The Morgan fingerprint density at radius 1 is 0.898 bits per heavy atom. The predicted octanol–water partition coefficient (Wildman–Crippen LogP) is 4.97. The van der Waals surface area contributed by atoms with E-state index in [2.05, 4.69) is 22.5 Å². The van der Waals surface area contributed by atoms with Crippen molar-refractivity contribution in [3.05, 3.63) is 48.0 Å². The molecule has 13 heteroatoms. The molecule has 0 bridgehead atoms. The molecule has 0 aliphatic carbocycles. The first kappa shape index (κ1) is 51.3. The topological polar surface area (TPSA) is 150 Å². The molecular weight excluding hydrogens is 749 g/mol. The zero-order chi connectivity index (χ0) is 44.9. The van der Waals surface area contributed by atoms with Crippen LogP contribution in [-0.4, -0.2) is 133 Å². The van der Waals surface area contributed by atoms with Gasteiger partial charge in [-0.3, -0.25) is 28.9 Å². The molecule has 1 aromatic rings. The van der Waals surface area contributed by atoms with Crippen LogP contribution >= 0.6 is 0 Å². The lowest BCUT2D eigenvalue weighted by atomic mass is 9.89. The van der Waals surface area contributed by atoms with Crippen LogP contribution in [0.3, 0.4) is 0 Å². The molecule has 0 aromatic heterocycles. The van der Waals surface area contributed by atoms with Crippen LogP contribution in [0.25, 0.3) is 0 Å². The van der Waals surface area contributed by atoms with Crippen molar-refractivity contribution in [3.8, 4) is 0 Å². The Labute approximate surface area is 355 Å². The summed E-state index contributed by atoms with van der Waals surface area (Å²) in [5, 5.41) is 8.96. The third kappa shape index (κ3) is 14.4. The third-order valence-corrected chi connectivity index (χ3v) is 11.7. The molecule has 1 aliphatic heterocycles. The van der Waals surface area contributed by atoms with Crippen molar-refractivity contribution in [2.75, 3.05) is 34.9 Å². The zero-order valence-electron chi connectivity index (χ0n) is 38.9.